The lowest BCUT2D eigenvalue weighted by Crippen LogP contribution is -2.21. The molecule has 0 bridgehead atoms. The SMILES string of the molecule is CCCNCc1sc(N(C)CCOC)nc1CCC. The first-order valence-corrected chi connectivity index (χ1v) is 7.93. The van der Waals surface area contributed by atoms with Crippen LogP contribution in [0.15, 0.2) is 0 Å². The second-order valence-corrected chi connectivity index (χ2v) is 5.77. The van der Waals surface area contributed by atoms with Gasteiger partial charge in [-0.3, -0.25) is 0 Å². The highest BCUT2D eigenvalue weighted by molar-refractivity contribution is 7.15. The number of likely N-dealkylation sites (N-methyl/N-ethyl adjacent to an activating group) is 1. The van der Waals surface area contributed by atoms with Gasteiger partial charge in [-0.1, -0.05) is 20.3 Å². The number of anilines is 1. The van der Waals surface area contributed by atoms with Gasteiger partial charge in [0.25, 0.3) is 0 Å². The summed E-state index contributed by atoms with van der Waals surface area (Å²) in [4.78, 5) is 8.34. The van der Waals surface area contributed by atoms with Gasteiger partial charge < -0.3 is 15.0 Å². The zero-order valence-electron chi connectivity index (χ0n) is 12.7. The molecule has 1 aromatic heterocycles. The van der Waals surface area contributed by atoms with Gasteiger partial charge in [0.1, 0.15) is 0 Å². The lowest BCUT2D eigenvalue weighted by atomic mass is 10.2. The van der Waals surface area contributed by atoms with E-state index in [4.69, 9.17) is 9.72 Å². The van der Waals surface area contributed by atoms with E-state index in [1.807, 2.05) is 0 Å². The number of aryl methyl sites for hydroxylation is 1. The fourth-order valence-corrected chi connectivity index (χ4v) is 2.87. The van der Waals surface area contributed by atoms with Gasteiger partial charge in [-0.2, -0.15) is 0 Å². The molecule has 0 aliphatic carbocycles. The summed E-state index contributed by atoms with van der Waals surface area (Å²) in [6, 6.07) is 0. The standard InChI is InChI=1S/C14H27N3OS/c1-5-7-12-13(11-15-8-6-2)19-14(16-12)17(3)9-10-18-4/h15H,5-11H2,1-4H3. The first-order valence-electron chi connectivity index (χ1n) is 7.12. The Morgan fingerprint density at radius 2 is 2.11 bits per heavy atom. The third-order valence-electron chi connectivity index (χ3n) is 2.92. The van der Waals surface area contributed by atoms with Crippen molar-refractivity contribution in [1.82, 2.24) is 10.3 Å². The van der Waals surface area contributed by atoms with Crippen molar-refractivity contribution in [2.24, 2.45) is 0 Å². The van der Waals surface area contributed by atoms with Gasteiger partial charge in [-0.05, 0) is 19.4 Å². The van der Waals surface area contributed by atoms with Gasteiger partial charge in [0.05, 0.1) is 12.3 Å². The van der Waals surface area contributed by atoms with Gasteiger partial charge >= 0.3 is 0 Å². The molecule has 0 saturated carbocycles. The van der Waals surface area contributed by atoms with Crippen molar-refractivity contribution in [3.8, 4) is 0 Å². The monoisotopic (exact) mass is 285 g/mol. The molecule has 0 saturated heterocycles. The number of nitrogens with zero attached hydrogens (tertiary/aromatic N) is 2. The van der Waals surface area contributed by atoms with E-state index in [1.165, 1.54) is 17.0 Å². The van der Waals surface area contributed by atoms with Gasteiger partial charge in [-0.15, -0.1) is 11.3 Å². The first-order chi connectivity index (χ1) is 9.22. The third kappa shape index (κ3) is 5.47. The Bertz CT molecular complexity index is 354. The molecular formula is C14H27N3OS. The molecule has 1 rings (SSSR count). The lowest BCUT2D eigenvalue weighted by molar-refractivity contribution is 0.206. The van der Waals surface area contributed by atoms with Crippen molar-refractivity contribution in [1.29, 1.82) is 0 Å². The number of ether oxygens (including phenoxy) is 1. The summed E-state index contributed by atoms with van der Waals surface area (Å²) in [6.45, 7) is 8.03. The average Bonchev–Trinajstić information content (AvgIpc) is 2.80. The molecule has 1 heterocycles. The molecule has 0 aliphatic rings. The van der Waals surface area contributed by atoms with E-state index in [-0.39, 0.29) is 0 Å². The van der Waals surface area contributed by atoms with Crippen molar-refractivity contribution in [2.75, 3.05) is 38.8 Å². The Morgan fingerprint density at radius 1 is 1.32 bits per heavy atom. The molecule has 1 aromatic rings. The molecule has 1 N–H and O–H groups in total. The van der Waals surface area contributed by atoms with E-state index in [9.17, 15) is 0 Å². The largest absolute Gasteiger partial charge is 0.383 e. The molecule has 0 spiro atoms. The maximum atomic E-state index is 5.12. The Hall–Kier alpha value is -0.650. The van der Waals surface area contributed by atoms with E-state index in [2.05, 4.69) is 31.1 Å². The van der Waals surface area contributed by atoms with Crippen LogP contribution in [0.3, 0.4) is 0 Å². The Kier molecular flexibility index (Phi) is 8.02. The van der Waals surface area contributed by atoms with E-state index >= 15 is 0 Å². The maximum Gasteiger partial charge on any atom is 0.185 e. The summed E-state index contributed by atoms with van der Waals surface area (Å²) in [5, 5.41) is 4.58. The van der Waals surface area contributed by atoms with E-state index in [0.29, 0.717) is 0 Å². The van der Waals surface area contributed by atoms with Gasteiger partial charge in [0, 0.05) is 32.1 Å². The van der Waals surface area contributed by atoms with Crippen LogP contribution in [-0.4, -0.2) is 38.8 Å². The molecule has 0 unspecified atom stereocenters. The van der Waals surface area contributed by atoms with Crippen LogP contribution < -0.4 is 10.2 Å². The predicted octanol–water partition coefficient (Wildman–Crippen LogP) is 2.68. The quantitative estimate of drug-likeness (QED) is 0.671. The fraction of sp³-hybridized carbons (Fsp3) is 0.786. The van der Waals surface area contributed by atoms with E-state index in [0.717, 1.165) is 44.2 Å². The second kappa shape index (κ2) is 9.28. The molecule has 0 amide bonds. The van der Waals surface area contributed by atoms with Crippen molar-refractivity contribution >= 4 is 16.5 Å². The number of nitrogens with one attached hydrogen (secondary N) is 1. The van der Waals surface area contributed by atoms with Crippen LogP contribution in [0, 0.1) is 0 Å². The summed E-state index contributed by atoms with van der Waals surface area (Å²) in [5.41, 5.74) is 1.26. The summed E-state index contributed by atoms with van der Waals surface area (Å²) in [5.74, 6) is 0. The number of hydrogen-bond acceptors (Lipinski definition) is 5. The van der Waals surface area contributed by atoms with Crippen LogP contribution in [0.2, 0.25) is 0 Å². The first kappa shape index (κ1) is 16.4. The number of hydrogen-bond donors (Lipinski definition) is 1. The fourth-order valence-electron chi connectivity index (χ4n) is 1.81. The van der Waals surface area contributed by atoms with Crippen LogP contribution in [0.25, 0.3) is 0 Å². The van der Waals surface area contributed by atoms with Gasteiger partial charge in [-0.25, -0.2) is 4.98 Å². The summed E-state index contributed by atoms with van der Waals surface area (Å²) in [7, 11) is 3.81. The maximum absolute atomic E-state index is 5.12. The van der Waals surface area contributed by atoms with Crippen LogP contribution >= 0.6 is 11.3 Å². The van der Waals surface area contributed by atoms with Crippen LogP contribution in [0.5, 0.6) is 0 Å². The van der Waals surface area contributed by atoms with Crippen LogP contribution in [0.4, 0.5) is 5.13 Å². The number of methoxy groups -OCH3 is 1. The topological polar surface area (TPSA) is 37.4 Å². The minimum atomic E-state index is 0.739. The average molecular weight is 285 g/mol. The lowest BCUT2D eigenvalue weighted by Gasteiger charge is -2.14. The van der Waals surface area contributed by atoms with Crippen LogP contribution in [-0.2, 0) is 17.7 Å². The highest BCUT2D eigenvalue weighted by atomic mass is 32.1. The summed E-state index contributed by atoms with van der Waals surface area (Å²) < 4.78 is 5.12. The molecule has 0 fully saturated rings. The van der Waals surface area contributed by atoms with E-state index in [1.54, 1.807) is 18.4 Å². The van der Waals surface area contributed by atoms with E-state index < -0.39 is 0 Å². The molecule has 0 atom stereocenters. The number of aromatic nitrogens is 1. The normalized spacial score (nSPS) is 10.9. The molecule has 0 radical (unpaired) electrons. The minimum absolute atomic E-state index is 0.739. The van der Waals surface area contributed by atoms with Gasteiger partial charge in [0.2, 0.25) is 0 Å². The number of thiazole rings is 1. The molecule has 0 aromatic carbocycles. The molecule has 5 heteroatoms. The molecule has 110 valence electrons. The minimum Gasteiger partial charge on any atom is -0.383 e. The predicted molar refractivity (Wildman–Crippen MR) is 83.3 cm³/mol. The Labute approximate surface area is 121 Å². The smallest absolute Gasteiger partial charge is 0.185 e. The molecule has 19 heavy (non-hydrogen) atoms. The highest BCUT2D eigenvalue weighted by Crippen LogP contribution is 2.26. The van der Waals surface area contributed by atoms with Gasteiger partial charge in [0.15, 0.2) is 5.13 Å². The summed E-state index contributed by atoms with van der Waals surface area (Å²) >= 11 is 1.81. The molecule has 0 aliphatic heterocycles. The molecule has 4 nitrogen and oxygen atoms in total. The van der Waals surface area contributed by atoms with Crippen molar-refractivity contribution < 1.29 is 4.74 Å². The van der Waals surface area contributed by atoms with Crippen molar-refractivity contribution in [3.63, 3.8) is 0 Å². The number of rotatable bonds is 10. The molecular weight excluding hydrogens is 258 g/mol. The van der Waals surface area contributed by atoms with Crippen LogP contribution in [0.1, 0.15) is 37.3 Å². The Balaban J connectivity index is 2.69. The summed E-state index contributed by atoms with van der Waals surface area (Å²) in [6.07, 6.45) is 3.38. The highest BCUT2D eigenvalue weighted by Gasteiger charge is 2.13. The second-order valence-electron chi connectivity index (χ2n) is 4.71. The zero-order chi connectivity index (χ0) is 14.1. The Morgan fingerprint density at radius 3 is 2.74 bits per heavy atom. The van der Waals surface area contributed by atoms with Crippen molar-refractivity contribution in [2.45, 2.75) is 39.7 Å². The zero-order valence-corrected chi connectivity index (χ0v) is 13.5. The third-order valence-corrected chi connectivity index (χ3v) is 4.14. The van der Waals surface area contributed by atoms with Crippen molar-refractivity contribution in [3.05, 3.63) is 10.6 Å².